The van der Waals surface area contributed by atoms with Crippen LogP contribution in [0, 0.1) is 6.92 Å². The van der Waals surface area contributed by atoms with Gasteiger partial charge in [-0.25, -0.2) is 4.98 Å². The predicted octanol–water partition coefficient (Wildman–Crippen LogP) is 3.45. The van der Waals surface area contributed by atoms with Gasteiger partial charge in [0.1, 0.15) is 0 Å². The lowest BCUT2D eigenvalue weighted by molar-refractivity contribution is -0.113. The number of hydrogen-bond acceptors (Lipinski definition) is 5. The Bertz CT molecular complexity index is 747. The Labute approximate surface area is 150 Å². The molecular weight excluding hydrogens is 342 g/mol. The minimum atomic E-state index is -0.182. The van der Waals surface area contributed by atoms with Crippen LogP contribution in [0.25, 0.3) is 0 Å². The number of hydrogen-bond donors (Lipinski definition) is 2. The smallest absolute Gasteiger partial charge is 0.251 e. The van der Waals surface area contributed by atoms with Crippen molar-refractivity contribution in [1.82, 2.24) is 9.97 Å². The molecule has 2 rings (SSSR count). The molecule has 1 aromatic heterocycles. The zero-order valence-corrected chi connectivity index (χ0v) is 15.4. The molecule has 0 atom stereocenters. The molecule has 0 spiro atoms. The predicted molar refractivity (Wildman–Crippen MR) is 102 cm³/mol. The number of aromatic amines is 1. The molecule has 24 heavy (non-hydrogen) atoms. The largest absolute Gasteiger partial charge is 0.325 e. The summed E-state index contributed by atoms with van der Waals surface area (Å²) in [5, 5.41) is 3.35. The first-order valence-corrected chi connectivity index (χ1v) is 9.88. The molecule has 0 saturated carbocycles. The molecular formula is C17H21N3O2S2. The minimum Gasteiger partial charge on any atom is -0.325 e. The molecule has 0 saturated heterocycles. The Morgan fingerprint density at radius 1 is 1.33 bits per heavy atom. The van der Waals surface area contributed by atoms with Crippen LogP contribution in [-0.2, 0) is 10.5 Å². The van der Waals surface area contributed by atoms with Gasteiger partial charge in [-0.05, 0) is 30.7 Å². The molecule has 0 bridgehead atoms. The number of thioether (sulfide) groups is 2. The number of benzene rings is 1. The monoisotopic (exact) mass is 363 g/mol. The highest BCUT2D eigenvalue weighted by Gasteiger charge is 2.08. The molecule has 0 aliphatic rings. The topological polar surface area (TPSA) is 74.8 Å². The molecule has 128 valence electrons. The quantitative estimate of drug-likeness (QED) is 0.427. The first-order chi connectivity index (χ1) is 11.6. The normalized spacial score (nSPS) is 10.6. The summed E-state index contributed by atoms with van der Waals surface area (Å²) in [5.74, 6) is 1.82. The summed E-state index contributed by atoms with van der Waals surface area (Å²) in [6.07, 6.45) is 1.09. The molecule has 0 unspecified atom stereocenters. The Kier molecular flexibility index (Phi) is 7.39. The van der Waals surface area contributed by atoms with E-state index in [1.54, 1.807) is 11.8 Å². The van der Waals surface area contributed by atoms with E-state index in [9.17, 15) is 9.59 Å². The molecule has 0 radical (unpaired) electrons. The van der Waals surface area contributed by atoms with Crippen LogP contribution in [0.5, 0.6) is 0 Å². The number of carbonyl (C=O) groups is 1. The second-order valence-corrected chi connectivity index (χ2v) is 7.32. The maximum Gasteiger partial charge on any atom is 0.251 e. The van der Waals surface area contributed by atoms with E-state index in [1.165, 1.54) is 17.8 Å². The van der Waals surface area contributed by atoms with E-state index in [-0.39, 0.29) is 17.2 Å². The van der Waals surface area contributed by atoms with Crippen LogP contribution >= 0.6 is 23.5 Å². The van der Waals surface area contributed by atoms with Crippen LogP contribution in [0.3, 0.4) is 0 Å². The van der Waals surface area contributed by atoms with E-state index in [1.807, 2.05) is 31.2 Å². The van der Waals surface area contributed by atoms with E-state index in [4.69, 9.17) is 0 Å². The van der Waals surface area contributed by atoms with Gasteiger partial charge in [-0.1, -0.05) is 36.9 Å². The maximum absolute atomic E-state index is 12.1. The Hall–Kier alpha value is -1.73. The number of rotatable bonds is 8. The van der Waals surface area contributed by atoms with Crippen molar-refractivity contribution in [2.45, 2.75) is 31.2 Å². The first-order valence-electron chi connectivity index (χ1n) is 7.74. The lowest BCUT2D eigenvalue weighted by Crippen LogP contribution is -2.16. The summed E-state index contributed by atoms with van der Waals surface area (Å²) in [4.78, 5) is 30.9. The molecule has 0 aliphatic heterocycles. The molecule has 2 N–H and O–H groups in total. The van der Waals surface area contributed by atoms with Crippen LogP contribution in [0.1, 0.15) is 24.6 Å². The summed E-state index contributed by atoms with van der Waals surface area (Å²) in [6, 6.07) is 9.13. The molecule has 1 aromatic carbocycles. The number of para-hydroxylation sites is 1. The highest BCUT2D eigenvalue weighted by Crippen LogP contribution is 2.17. The zero-order valence-electron chi connectivity index (χ0n) is 13.8. The third-order valence-corrected chi connectivity index (χ3v) is 5.20. The van der Waals surface area contributed by atoms with Gasteiger partial charge in [0.25, 0.3) is 5.56 Å². The third-order valence-electron chi connectivity index (χ3n) is 3.13. The second-order valence-electron chi connectivity index (χ2n) is 5.25. The summed E-state index contributed by atoms with van der Waals surface area (Å²) in [6.45, 7) is 4.06. The van der Waals surface area contributed by atoms with Crippen molar-refractivity contribution < 1.29 is 4.79 Å². The van der Waals surface area contributed by atoms with Crippen LogP contribution in [0.2, 0.25) is 0 Å². The average Bonchev–Trinajstić information content (AvgIpc) is 2.55. The third kappa shape index (κ3) is 6.05. The summed E-state index contributed by atoms with van der Waals surface area (Å²) < 4.78 is 0. The van der Waals surface area contributed by atoms with Crippen LogP contribution in [0.15, 0.2) is 40.3 Å². The van der Waals surface area contributed by atoms with Gasteiger partial charge in [0.2, 0.25) is 5.91 Å². The Morgan fingerprint density at radius 2 is 2.12 bits per heavy atom. The molecule has 0 aliphatic carbocycles. The van der Waals surface area contributed by atoms with E-state index < -0.39 is 0 Å². The van der Waals surface area contributed by atoms with Gasteiger partial charge in [0.15, 0.2) is 5.16 Å². The standard InChI is InChI=1S/C17H21N3O2S2/c1-3-8-23-10-13-9-15(21)20-17(18-13)24-11-16(22)19-14-7-5-4-6-12(14)2/h4-7,9H,3,8,10-11H2,1-2H3,(H,19,22)(H,18,20,21). The number of amides is 1. The fourth-order valence-corrected chi connectivity index (χ4v) is 3.46. The van der Waals surface area contributed by atoms with Gasteiger partial charge >= 0.3 is 0 Å². The fourth-order valence-electron chi connectivity index (χ4n) is 1.98. The summed E-state index contributed by atoms with van der Waals surface area (Å²) in [7, 11) is 0. The minimum absolute atomic E-state index is 0.122. The summed E-state index contributed by atoms with van der Waals surface area (Å²) >= 11 is 2.98. The van der Waals surface area contributed by atoms with Crippen molar-refractivity contribution in [3.05, 3.63) is 51.9 Å². The maximum atomic E-state index is 12.1. The highest BCUT2D eigenvalue weighted by atomic mass is 32.2. The van der Waals surface area contributed by atoms with Crippen LogP contribution < -0.4 is 10.9 Å². The number of H-pyrrole nitrogens is 1. The van der Waals surface area contributed by atoms with Gasteiger partial charge in [-0.3, -0.25) is 9.59 Å². The molecule has 5 nitrogen and oxygen atoms in total. The number of aryl methyl sites for hydroxylation is 1. The Balaban J connectivity index is 1.92. The number of nitrogens with zero attached hydrogens (tertiary/aromatic N) is 1. The van der Waals surface area contributed by atoms with Gasteiger partial charge in [0.05, 0.1) is 11.4 Å². The zero-order chi connectivity index (χ0) is 17.4. The van der Waals surface area contributed by atoms with Crippen LogP contribution in [0.4, 0.5) is 5.69 Å². The van der Waals surface area contributed by atoms with Crippen LogP contribution in [-0.4, -0.2) is 27.4 Å². The number of anilines is 1. The van der Waals surface area contributed by atoms with Crippen molar-refractivity contribution >= 4 is 35.1 Å². The van der Waals surface area contributed by atoms with Crippen molar-refractivity contribution in [1.29, 1.82) is 0 Å². The Morgan fingerprint density at radius 3 is 2.88 bits per heavy atom. The van der Waals surface area contributed by atoms with Crippen molar-refractivity contribution in [2.24, 2.45) is 0 Å². The van der Waals surface area contributed by atoms with Crippen molar-refractivity contribution in [3.8, 4) is 0 Å². The lowest BCUT2D eigenvalue weighted by atomic mass is 10.2. The van der Waals surface area contributed by atoms with E-state index in [2.05, 4.69) is 22.2 Å². The van der Waals surface area contributed by atoms with Gasteiger partial charge < -0.3 is 10.3 Å². The lowest BCUT2D eigenvalue weighted by Gasteiger charge is -2.08. The molecule has 7 heteroatoms. The molecule has 1 heterocycles. The van der Waals surface area contributed by atoms with Crippen molar-refractivity contribution in [2.75, 3.05) is 16.8 Å². The van der Waals surface area contributed by atoms with Gasteiger partial charge in [-0.2, -0.15) is 11.8 Å². The van der Waals surface area contributed by atoms with E-state index in [0.717, 1.165) is 29.1 Å². The summed E-state index contributed by atoms with van der Waals surface area (Å²) in [5.41, 5.74) is 2.38. The molecule has 0 fully saturated rings. The molecule has 1 amide bonds. The number of nitrogens with one attached hydrogen (secondary N) is 2. The number of carbonyl (C=O) groups excluding carboxylic acids is 1. The van der Waals surface area contributed by atoms with E-state index in [0.29, 0.717) is 10.9 Å². The molecule has 2 aromatic rings. The van der Waals surface area contributed by atoms with Gasteiger partial charge in [0, 0.05) is 17.5 Å². The second kappa shape index (κ2) is 9.54. The SMILES string of the molecule is CCCSCc1cc(=O)[nH]c(SCC(=O)Nc2ccccc2C)n1. The van der Waals surface area contributed by atoms with E-state index >= 15 is 0 Å². The van der Waals surface area contributed by atoms with Gasteiger partial charge in [-0.15, -0.1) is 0 Å². The highest BCUT2D eigenvalue weighted by molar-refractivity contribution is 7.99. The number of aromatic nitrogens is 2. The average molecular weight is 364 g/mol. The first kappa shape index (κ1) is 18.6. The fraction of sp³-hybridized carbons (Fsp3) is 0.353. The van der Waals surface area contributed by atoms with Crippen molar-refractivity contribution in [3.63, 3.8) is 0 Å².